The molecule has 0 unspecified atom stereocenters. The Morgan fingerprint density at radius 1 is 1.14 bits per heavy atom. The van der Waals surface area contributed by atoms with Crippen LogP contribution >= 0.6 is 0 Å². The summed E-state index contributed by atoms with van der Waals surface area (Å²) in [5, 5.41) is 2.90. The number of benzene rings is 1. The van der Waals surface area contributed by atoms with Crippen molar-refractivity contribution in [3.8, 4) is 0 Å². The van der Waals surface area contributed by atoms with Gasteiger partial charge in [0.25, 0.3) is 0 Å². The summed E-state index contributed by atoms with van der Waals surface area (Å²) in [7, 11) is 0. The molecule has 0 aliphatic carbocycles. The number of rotatable bonds is 8. The standard InChI is InChI=1S/C19H25NO2/c1-5-6-7-8-13-20-14-22-19(21)16(4)18-11-9-17(10-12-18)15(2)3/h5-13,15-16,20H,1,14H2,2-4H3/b7-6-,13-8-/t16-/m0/s1. The Labute approximate surface area is 133 Å². The molecule has 0 fully saturated rings. The Morgan fingerprint density at radius 2 is 1.77 bits per heavy atom. The van der Waals surface area contributed by atoms with Crippen LogP contribution in [0.15, 0.2) is 61.3 Å². The SMILES string of the molecule is C=C/C=C\C=C/NCOC(=O)[C@@H](C)c1ccc(C(C)C)cc1. The van der Waals surface area contributed by atoms with Gasteiger partial charge in [0.1, 0.15) is 0 Å². The van der Waals surface area contributed by atoms with Gasteiger partial charge in [-0.1, -0.05) is 62.9 Å². The van der Waals surface area contributed by atoms with E-state index in [-0.39, 0.29) is 18.6 Å². The smallest absolute Gasteiger partial charge is 0.314 e. The van der Waals surface area contributed by atoms with Gasteiger partial charge in [-0.25, -0.2) is 0 Å². The van der Waals surface area contributed by atoms with E-state index in [4.69, 9.17) is 4.74 Å². The topological polar surface area (TPSA) is 38.3 Å². The highest BCUT2D eigenvalue weighted by atomic mass is 16.5. The Kier molecular flexibility index (Phi) is 7.76. The number of carbonyl (C=O) groups is 1. The molecule has 1 aromatic carbocycles. The molecule has 1 atom stereocenters. The number of carbonyl (C=O) groups excluding carboxylic acids is 1. The van der Waals surface area contributed by atoms with Gasteiger partial charge in [-0.15, -0.1) is 0 Å². The zero-order chi connectivity index (χ0) is 16.4. The molecular formula is C19H25NO2. The van der Waals surface area contributed by atoms with E-state index in [0.717, 1.165) is 5.56 Å². The van der Waals surface area contributed by atoms with Crippen molar-refractivity contribution >= 4 is 5.97 Å². The van der Waals surface area contributed by atoms with Crippen LogP contribution in [0, 0.1) is 0 Å². The molecule has 0 bridgehead atoms. The molecule has 22 heavy (non-hydrogen) atoms. The maximum Gasteiger partial charge on any atom is 0.314 e. The number of esters is 1. The molecule has 0 saturated carbocycles. The molecule has 3 nitrogen and oxygen atoms in total. The third-order valence-corrected chi connectivity index (χ3v) is 3.33. The van der Waals surface area contributed by atoms with Gasteiger partial charge >= 0.3 is 5.97 Å². The van der Waals surface area contributed by atoms with Gasteiger partial charge in [0.15, 0.2) is 6.73 Å². The van der Waals surface area contributed by atoms with Crippen LogP contribution in [-0.2, 0) is 9.53 Å². The van der Waals surface area contributed by atoms with E-state index in [9.17, 15) is 4.79 Å². The zero-order valence-corrected chi connectivity index (χ0v) is 13.6. The third kappa shape index (κ3) is 6.00. The normalized spacial score (nSPS) is 12.7. The number of hydrogen-bond donors (Lipinski definition) is 1. The van der Waals surface area contributed by atoms with Gasteiger partial charge in [0.05, 0.1) is 5.92 Å². The molecule has 1 rings (SSSR count). The first-order valence-electron chi connectivity index (χ1n) is 7.50. The minimum absolute atomic E-state index is 0.158. The summed E-state index contributed by atoms with van der Waals surface area (Å²) in [5.41, 5.74) is 2.24. The number of allylic oxidation sites excluding steroid dienone is 4. The molecule has 118 valence electrons. The van der Waals surface area contributed by atoms with E-state index in [2.05, 4.69) is 37.9 Å². The van der Waals surface area contributed by atoms with Crippen LogP contribution in [0.4, 0.5) is 0 Å². The predicted octanol–water partition coefficient (Wildman–Crippen LogP) is 4.26. The largest absolute Gasteiger partial charge is 0.444 e. The summed E-state index contributed by atoms with van der Waals surface area (Å²) in [5.74, 6) is -0.0186. The lowest BCUT2D eigenvalue weighted by Gasteiger charge is -2.13. The molecule has 0 saturated heterocycles. The first-order chi connectivity index (χ1) is 10.6. The fourth-order valence-corrected chi connectivity index (χ4v) is 1.86. The summed E-state index contributed by atoms with van der Waals surface area (Å²) in [4.78, 5) is 12.0. The molecule has 0 aromatic heterocycles. The first-order valence-corrected chi connectivity index (χ1v) is 7.50. The molecule has 0 aliphatic heterocycles. The van der Waals surface area contributed by atoms with Crippen LogP contribution in [0.2, 0.25) is 0 Å². The van der Waals surface area contributed by atoms with E-state index in [1.165, 1.54) is 5.56 Å². The monoisotopic (exact) mass is 299 g/mol. The van der Waals surface area contributed by atoms with E-state index >= 15 is 0 Å². The first kappa shape index (κ1) is 17.8. The fraction of sp³-hybridized carbons (Fsp3) is 0.316. The summed E-state index contributed by atoms with van der Waals surface area (Å²) in [6.07, 6.45) is 8.86. The molecule has 1 aromatic rings. The average Bonchev–Trinajstić information content (AvgIpc) is 2.53. The Balaban J connectivity index is 2.43. The van der Waals surface area contributed by atoms with E-state index < -0.39 is 0 Å². The molecule has 0 spiro atoms. The van der Waals surface area contributed by atoms with Gasteiger partial charge in [-0.2, -0.15) is 0 Å². The van der Waals surface area contributed by atoms with Crippen molar-refractivity contribution in [3.05, 3.63) is 72.5 Å². The number of nitrogens with one attached hydrogen (secondary N) is 1. The van der Waals surface area contributed by atoms with Gasteiger partial charge in [0.2, 0.25) is 0 Å². The van der Waals surface area contributed by atoms with Crippen LogP contribution < -0.4 is 5.32 Å². The summed E-state index contributed by atoms with van der Waals surface area (Å²) in [6.45, 7) is 9.88. The summed E-state index contributed by atoms with van der Waals surface area (Å²) in [6, 6.07) is 8.12. The minimum Gasteiger partial charge on any atom is -0.444 e. The van der Waals surface area contributed by atoms with Crippen LogP contribution in [0.25, 0.3) is 0 Å². The fourth-order valence-electron chi connectivity index (χ4n) is 1.86. The minimum atomic E-state index is -0.271. The highest BCUT2D eigenvalue weighted by Gasteiger charge is 2.16. The van der Waals surface area contributed by atoms with Crippen molar-refractivity contribution in [1.29, 1.82) is 0 Å². The van der Waals surface area contributed by atoms with Gasteiger partial charge in [-0.3, -0.25) is 4.79 Å². The van der Waals surface area contributed by atoms with Crippen LogP contribution in [0.5, 0.6) is 0 Å². The van der Waals surface area contributed by atoms with Crippen molar-refractivity contribution < 1.29 is 9.53 Å². The second-order valence-electron chi connectivity index (χ2n) is 5.33. The zero-order valence-electron chi connectivity index (χ0n) is 13.6. The predicted molar refractivity (Wildman–Crippen MR) is 91.5 cm³/mol. The lowest BCUT2D eigenvalue weighted by molar-refractivity contribution is -0.145. The van der Waals surface area contributed by atoms with E-state index in [1.807, 2.05) is 37.3 Å². The number of ether oxygens (including phenoxy) is 1. The molecule has 0 radical (unpaired) electrons. The van der Waals surface area contributed by atoms with Crippen LogP contribution in [0.3, 0.4) is 0 Å². The third-order valence-electron chi connectivity index (χ3n) is 3.33. The summed E-state index contributed by atoms with van der Waals surface area (Å²) < 4.78 is 5.20. The molecule has 0 amide bonds. The molecule has 0 heterocycles. The van der Waals surface area contributed by atoms with E-state index in [1.54, 1.807) is 12.3 Å². The van der Waals surface area contributed by atoms with Crippen molar-refractivity contribution in [2.45, 2.75) is 32.6 Å². The van der Waals surface area contributed by atoms with Crippen LogP contribution in [-0.4, -0.2) is 12.7 Å². The van der Waals surface area contributed by atoms with Gasteiger partial charge < -0.3 is 10.1 Å². The lowest BCUT2D eigenvalue weighted by Crippen LogP contribution is -2.19. The lowest BCUT2D eigenvalue weighted by atomic mass is 9.96. The quantitative estimate of drug-likeness (QED) is 0.337. The number of hydrogen-bond acceptors (Lipinski definition) is 3. The van der Waals surface area contributed by atoms with Crippen LogP contribution in [0.1, 0.15) is 43.7 Å². The average molecular weight is 299 g/mol. The highest BCUT2D eigenvalue weighted by molar-refractivity contribution is 5.77. The Morgan fingerprint density at radius 3 is 2.36 bits per heavy atom. The van der Waals surface area contributed by atoms with Crippen molar-refractivity contribution in [3.63, 3.8) is 0 Å². The molecule has 0 aliphatic rings. The highest BCUT2D eigenvalue weighted by Crippen LogP contribution is 2.20. The van der Waals surface area contributed by atoms with Gasteiger partial charge in [-0.05, 0) is 36.2 Å². The second-order valence-corrected chi connectivity index (χ2v) is 5.33. The maximum absolute atomic E-state index is 12.0. The van der Waals surface area contributed by atoms with Crippen molar-refractivity contribution in [2.24, 2.45) is 0 Å². The maximum atomic E-state index is 12.0. The van der Waals surface area contributed by atoms with Gasteiger partial charge in [0, 0.05) is 0 Å². The van der Waals surface area contributed by atoms with E-state index in [0.29, 0.717) is 5.92 Å². The Hall–Kier alpha value is -2.29. The summed E-state index contributed by atoms with van der Waals surface area (Å²) >= 11 is 0. The molecule has 1 N–H and O–H groups in total. The van der Waals surface area contributed by atoms with Crippen molar-refractivity contribution in [2.75, 3.05) is 6.73 Å². The second kappa shape index (κ2) is 9.61. The molecule has 3 heteroatoms. The van der Waals surface area contributed by atoms with Crippen molar-refractivity contribution in [1.82, 2.24) is 5.32 Å². The Bertz CT molecular complexity index is 527. The molecular weight excluding hydrogens is 274 g/mol.